The second-order valence-corrected chi connectivity index (χ2v) is 8.87. The van der Waals surface area contributed by atoms with E-state index in [2.05, 4.69) is 27.2 Å². The first-order valence-electron chi connectivity index (χ1n) is 9.75. The summed E-state index contributed by atoms with van der Waals surface area (Å²) in [4.78, 5) is 16.8. The first-order valence-corrected chi connectivity index (χ1v) is 11.4. The fourth-order valence-corrected chi connectivity index (χ4v) is 5.30. The van der Waals surface area contributed by atoms with Crippen molar-refractivity contribution >= 4 is 67.7 Å². The van der Waals surface area contributed by atoms with Gasteiger partial charge in [0.25, 0.3) is 0 Å². The van der Waals surface area contributed by atoms with Crippen LogP contribution in [0.2, 0.25) is 5.02 Å². The Hall–Kier alpha value is -2.55. The van der Waals surface area contributed by atoms with Crippen LogP contribution in [0.5, 0.6) is 5.75 Å². The summed E-state index contributed by atoms with van der Waals surface area (Å²) in [6, 6.07) is 13.9. The molecule has 0 bridgehead atoms. The third kappa shape index (κ3) is 4.56. The quantitative estimate of drug-likeness (QED) is 0.426. The van der Waals surface area contributed by atoms with E-state index in [9.17, 15) is 4.79 Å². The maximum absolute atomic E-state index is 11.9. The molecule has 3 aromatic rings. The molecule has 0 radical (unpaired) electrons. The van der Waals surface area contributed by atoms with E-state index < -0.39 is 5.97 Å². The van der Waals surface area contributed by atoms with Crippen molar-refractivity contribution in [2.45, 2.75) is 0 Å². The molecular weight excluding hydrogens is 454 g/mol. The van der Waals surface area contributed by atoms with E-state index >= 15 is 0 Å². The fraction of sp³-hybridized carbons (Fsp3) is 0.273. The van der Waals surface area contributed by atoms with Crippen molar-refractivity contribution in [3.8, 4) is 5.75 Å². The minimum Gasteiger partial charge on any atom is -0.497 e. The molecule has 0 amide bonds. The highest BCUT2D eigenvalue weighted by Gasteiger charge is 2.21. The standard InChI is InChI=1S/C22H22ClN3O3S2/c1-28-16-6-4-15(5-7-16)25-9-11-26(12-10-25)22(30)24-14-3-8-17-18(13-14)31-20(19(17)23)21(27)29-2/h3-8,13H,9-12H2,1-2H3,(H,24,30). The molecule has 1 N–H and O–H groups in total. The Balaban J connectivity index is 1.39. The number of methoxy groups -OCH3 is 2. The number of esters is 1. The van der Waals surface area contributed by atoms with Crippen LogP contribution < -0.4 is 15.0 Å². The maximum Gasteiger partial charge on any atom is 0.349 e. The highest BCUT2D eigenvalue weighted by atomic mass is 35.5. The van der Waals surface area contributed by atoms with Gasteiger partial charge < -0.3 is 24.6 Å². The van der Waals surface area contributed by atoms with Gasteiger partial charge in [0.05, 0.1) is 19.2 Å². The van der Waals surface area contributed by atoms with Crippen molar-refractivity contribution in [2.75, 3.05) is 50.6 Å². The number of carbonyl (C=O) groups excluding carboxylic acids is 1. The lowest BCUT2D eigenvalue weighted by Gasteiger charge is -2.37. The number of rotatable bonds is 4. The Morgan fingerprint density at radius 2 is 1.81 bits per heavy atom. The third-order valence-corrected chi connectivity index (χ3v) is 7.25. The smallest absolute Gasteiger partial charge is 0.349 e. The number of nitrogens with one attached hydrogen (secondary N) is 1. The van der Waals surface area contributed by atoms with Gasteiger partial charge in [-0.05, 0) is 54.7 Å². The number of ether oxygens (including phenoxy) is 2. The summed E-state index contributed by atoms with van der Waals surface area (Å²) < 4.78 is 10.9. The summed E-state index contributed by atoms with van der Waals surface area (Å²) in [7, 11) is 3.02. The molecule has 9 heteroatoms. The number of halogens is 1. The Labute approximate surface area is 195 Å². The number of thiocarbonyl (C=S) groups is 1. The molecule has 1 aromatic heterocycles. The van der Waals surface area contributed by atoms with E-state index in [4.69, 9.17) is 33.3 Å². The number of benzene rings is 2. The number of fused-ring (bicyclic) bond motifs is 1. The molecule has 2 aromatic carbocycles. The molecule has 0 spiro atoms. The van der Waals surface area contributed by atoms with Crippen LogP contribution in [0.1, 0.15) is 9.67 Å². The van der Waals surface area contributed by atoms with Crippen molar-refractivity contribution in [1.82, 2.24) is 4.90 Å². The lowest BCUT2D eigenvalue weighted by molar-refractivity contribution is 0.0606. The maximum atomic E-state index is 11.9. The van der Waals surface area contributed by atoms with E-state index in [1.54, 1.807) is 7.11 Å². The molecule has 162 valence electrons. The second kappa shape index (κ2) is 9.30. The average Bonchev–Trinajstić information content (AvgIpc) is 3.14. The van der Waals surface area contributed by atoms with Gasteiger partial charge in [0.15, 0.2) is 5.11 Å². The number of carbonyl (C=O) groups is 1. The average molecular weight is 476 g/mol. The zero-order valence-electron chi connectivity index (χ0n) is 17.2. The lowest BCUT2D eigenvalue weighted by Crippen LogP contribution is -2.50. The molecule has 2 heterocycles. The summed E-state index contributed by atoms with van der Waals surface area (Å²) in [5, 5.41) is 5.26. The van der Waals surface area contributed by atoms with Crippen molar-refractivity contribution in [3.63, 3.8) is 0 Å². The normalized spacial score (nSPS) is 13.9. The number of piperazine rings is 1. The van der Waals surface area contributed by atoms with Crippen LogP contribution in [-0.4, -0.2) is 56.4 Å². The van der Waals surface area contributed by atoms with Crippen molar-refractivity contribution < 1.29 is 14.3 Å². The van der Waals surface area contributed by atoms with Gasteiger partial charge >= 0.3 is 5.97 Å². The van der Waals surface area contributed by atoms with Gasteiger partial charge in [-0.25, -0.2) is 4.79 Å². The molecule has 0 atom stereocenters. The minimum atomic E-state index is -0.425. The van der Waals surface area contributed by atoms with E-state index in [-0.39, 0.29) is 0 Å². The first-order chi connectivity index (χ1) is 15.0. The summed E-state index contributed by atoms with van der Waals surface area (Å²) in [6.07, 6.45) is 0. The van der Waals surface area contributed by atoms with Crippen molar-refractivity contribution in [3.05, 3.63) is 52.4 Å². The van der Waals surface area contributed by atoms with Crippen LogP contribution >= 0.6 is 35.2 Å². The zero-order chi connectivity index (χ0) is 22.0. The second-order valence-electron chi connectivity index (χ2n) is 7.05. The van der Waals surface area contributed by atoms with Gasteiger partial charge in [-0.3, -0.25) is 0 Å². The molecule has 0 aliphatic carbocycles. The molecule has 31 heavy (non-hydrogen) atoms. The van der Waals surface area contributed by atoms with Crippen LogP contribution in [-0.2, 0) is 4.74 Å². The number of hydrogen-bond donors (Lipinski definition) is 1. The van der Waals surface area contributed by atoms with Gasteiger partial charge in [-0.1, -0.05) is 11.6 Å². The largest absolute Gasteiger partial charge is 0.497 e. The molecule has 1 fully saturated rings. The summed E-state index contributed by atoms with van der Waals surface area (Å²) in [5.74, 6) is 0.432. The van der Waals surface area contributed by atoms with Gasteiger partial charge in [-0.2, -0.15) is 0 Å². The van der Waals surface area contributed by atoms with Crippen molar-refractivity contribution in [1.29, 1.82) is 0 Å². The van der Waals surface area contributed by atoms with Crippen LogP contribution in [0.4, 0.5) is 11.4 Å². The van der Waals surface area contributed by atoms with Gasteiger partial charge in [-0.15, -0.1) is 11.3 Å². The molecule has 1 saturated heterocycles. The zero-order valence-corrected chi connectivity index (χ0v) is 19.6. The van der Waals surface area contributed by atoms with Crippen molar-refractivity contribution in [2.24, 2.45) is 0 Å². The molecule has 4 rings (SSSR count). The van der Waals surface area contributed by atoms with E-state index in [0.717, 1.165) is 47.7 Å². The third-order valence-electron chi connectivity index (χ3n) is 5.26. The monoisotopic (exact) mass is 475 g/mol. The number of thiophene rings is 1. The van der Waals surface area contributed by atoms with Crippen LogP contribution in [0.25, 0.3) is 10.1 Å². The Morgan fingerprint density at radius 1 is 1.10 bits per heavy atom. The number of hydrogen-bond acceptors (Lipinski definition) is 6. The molecule has 1 aliphatic rings. The topological polar surface area (TPSA) is 54.0 Å². The first kappa shape index (κ1) is 21.7. The predicted molar refractivity (Wildman–Crippen MR) is 131 cm³/mol. The van der Waals surface area contributed by atoms with Gasteiger partial charge in [0.2, 0.25) is 0 Å². The molecule has 6 nitrogen and oxygen atoms in total. The van der Waals surface area contributed by atoms with Crippen LogP contribution in [0, 0.1) is 0 Å². The van der Waals surface area contributed by atoms with E-state index in [1.165, 1.54) is 24.1 Å². The lowest BCUT2D eigenvalue weighted by atomic mass is 10.2. The summed E-state index contributed by atoms with van der Waals surface area (Å²) in [6.45, 7) is 3.43. The minimum absolute atomic E-state index is 0.411. The number of nitrogens with zero attached hydrogens (tertiary/aromatic N) is 2. The predicted octanol–water partition coefficient (Wildman–Crippen LogP) is 4.87. The van der Waals surface area contributed by atoms with E-state index in [0.29, 0.717) is 15.0 Å². The SMILES string of the molecule is COC(=O)c1sc2cc(NC(=S)N3CCN(c4ccc(OC)cc4)CC3)ccc2c1Cl. The molecule has 1 aliphatic heterocycles. The Bertz CT molecular complexity index is 1110. The highest BCUT2D eigenvalue weighted by Crippen LogP contribution is 2.37. The van der Waals surface area contributed by atoms with Crippen LogP contribution in [0.3, 0.4) is 0 Å². The molecule has 0 saturated carbocycles. The summed E-state index contributed by atoms with van der Waals surface area (Å²) >= 11 is 13.3. The van der Waals surface area contributed by atoms with Gasteiger partial charge in [0, 0.05) is 47.6 Å². The highest BCUT2D eigenvalue weighted by molar-refractivity contribution is 7.80. The fourth-order valence-electron chi connectivity index (χ4n) is 3.53. The molecule has 0 unspecified atom stereocenters. The number of anilines is 2. The summed E-state index contributed by atoms with van der Waals surface area (Å²) in [5.41, 5.74) is 2.05. The van der Waals surface area contributed by atoms with Gasteiger partial charge in [0.1, 0.15) is 10.6 Å². The Kier molecular flexibility index (Phi) is 6.50. The van der Waals surface area contributed by atoms with E-state index in [1.807, 2.05) is 30.3 Å². The van der Waals surface area contributed by atoms with Crippen LogP contribution in [0.15, 0.2) is 42.5 Å². The molecular formula is C22H22ClN3O3S2. The Morgan fingerprint density at radius 3 is 2.45 bits per heavy atom.